The Labute approximate surface area is 204 Å². The lowest BCUT2D eigenvalue weighted by molar-refractivity contribution is 0.0533. The number of nitrogens with one attached hydrogen (secondary N) is 1. The third-order valence-electron chi connectivity index (χ3n) is 4.81. The van der Waals surface area contributed by atoms with E-state index >= 15 is 0 Å². The van der Waals surface area contributed by atoms with Crippen molar-refractivity contribution >= 4 is 22.1 Å². The van der Waals surface area contributed by atoms with Crippen LogP contribution in [-0.2, 0) is 27.7 Å². The smallest absolute Gasteiger partial charge is 0.407 e. The number of ether oxygens (including phenoxy) is 1. The minimum Gasteiger partial charge on any atom is -0.477 e. The van der Waals surface area contributed by atoms with E-state index in [0.717, 1.165) is 15.1 Å². The third-order valence-corrected chi connectivity index (χ3v) is 6.64. The highest BCUT2D eigenvalue weighted by Crippen LogP contribution is 2.22. The molecule has 0 aliphatic carbocycles. The topological polar surface area (TPSA) is 131 Å². The van der Waals surface area contributed by atoms with Crippen molar-refractivity contribution in [2.75, 3.05) is 20.6 Å². The number of carbonyl (C=O) groups is 2. The molecule has 0 aliphatic rings. The standard InChI is InChI=1S/C23H31FN4O6S/c1-15-19(13-16-7-9-18(10-8-16)35(32,33)27(5)6)20(21(29)30)28(26-15)14-17(24)11-12-25-22(31)34-23(2,3)4/h7-11H,12-14H2,1-6H3,(H,25,31)(H,29,30)/b17-11-. The minimum atomic E-state index is -3.59. The first-order chi connectivity index (χ1) is 16.1. The molecule has 0 atom stereocenters. The van der Waals surface area contributed by atoms with Crippen LogP contribution in [-0.4, -0.2) is 65.9 Å². The molecule has 192 valence electrons. The van der Waals surface area contributed by atoms with E-state index in [1.807, 2.05) is 0 Å². The van der Waals surface area contributed by atoms with Crippen molar-refractivity contribution in [1.29, 1.82) is 0 Å². The molecular weight excluding hydrogens is 479 g/mol. The third kappa shape index (κ3) is 7.62. The number of aromatic nitrogens is 2. The van der Waals surface area contributed by atoms with Gasteiger partial charge in [0.2, 0.25) is 10.0 Å². The predicted molar refractivity (Wildman–Crippen MR) is 127 cm³/mol. The molecule has 1 amide bonds. The maximum Gasteiger partial charge on any atom is 0.407 e. The summed E-state index contributed by atoms with van der Waals surface area (Å²) in [5.41, 5.74) is 0.612. The van der Waals surface area contributed by atoms with Crippen LogP contribution in [0.3, 0.4) is 0 Å². The molecule has 0 bridgehead atoms. The average Bonchev–Trinajstić information content (AvgIpc) is 3.01. The lowest BCUT2D eigenvalue weighted by Crippen LogP contribution is -2.32. The molecule has 0 saturated carbocycles. The molecule has 35 heavy (non-hydrogen) atoms. The molecule has 0 saturated heterocycles. The second kappa shape index (κ2) is 11.0. The van der Waals surface area contributed by atoms with Gasteiger partial charge >= 0.3 is 12.1 Å². The first-order valence-electron chi connectivity index (χ1n) is 10.7. The Morgan fingerprint density at radius 2 is 1.83 bits per heavy atom. The summed E-state index contributed by atoms with van der Waals surface area (Å²) < 4.78 is 46.2. The number of carboxylic acids is 1. The average molecular weight is 511 g/mol. The Bertz CT molecular complexity index is 1210. The fraction of sp³-hybridized carbons (Fsp3) is 0.435. The number of sulfonamides is 1. The van der Waals surface area contributed by atoms with Gasteiger partial charge in [-0.25, -0.2) is 26.7 Å². The van der Waals surface area contributed by atoms with E-state index in [1.165, 1.54) is 26.2 Å². The van der Waals surface area contributed by atoms with E-state index in [-0.39, 0.29) is 23.6 Å². The first-order valence-corrected chi connectivity index (χ1v) is 12.2. The number of carboxylic acid groups (broad SMARTS) is 1. The number of nitrogens with zero attached hydrogens (tertiary/aromatic N) is 3. The van der Waals surface area contributed by atoms with E-state index < -0.39 is 40.1 Å². The molecule has 0 unspecified atom stereocenters. The number of amides is 1. The second-order valence-corrected chi connectivity index (χ2v) is 11.2. The molecule has 2 aromatic rings. The Hall–Kier alpha value is -3.25. The van der Waals surface area contributed by atoms with E-state index in [4.69, 9.17) is 4.74 Å². The highest BCUT2D eigenvalue weighted by molar-refractivity contribution is 7.89. The molecule has 0 aliphatic heterocycles. The van der Waals surface area contributed by atoms with Crippen molar-refractivity contribution in [3.8, 4) is 0 Å². The maximum absolute atomic E-state index is 14.5. The highest BCUT2D eigenvalue weighted by atomic mass is 32.2. The minimum absolute atomic E-state index is 0.115. The fourth-order valence-electron chi connectivity index (χ4n) is 3.15. The van der Waals surface area contributed by atoms with Gasteiger partial charge in [0.1, 0.15) is 11.4 Å². The number of hydrogen-bond donors (Lipinski definition) is 2. The largest absolute Gasteiger partial charge is 0.477 e. The molecule has 1 aromatic heterocycles. The Balaban J connectivity index is 2.19. The van der Waals surface area contributed by atoms with Gasteiger partial charge in [0.05, 0.1) is 17.1 Å². The van der Waals surface area contributed by atoms with Gasteiger partial charge in [-0.3, -0.25) is 4.68 Å². The molecule has 0 spiro atoms. The number of hydrogen-bond acceptors (Lipinski definition) is 6. The molecule has 0 fully saturated rings. The van der Waals surface area contributed by atoms with Crippen LogP contribution in [0.2, 0.25) is 0 Å². The van der Waals surface area contributed by atoms with Crippen molar-refractivity contribution in [3.05, 3.63) is 58.7 Å². The van der Waals surface area contributed by atoms with E-state index in [2.05, 4.69) is 10.4 Å². The summed E-state index contributed by atoms with van der Waals surface area (Å²) in [7, 11) is -0.723. The van der Waals surface area contributed by atoms with Crippen molar-refractivity contribution in [2.45, 2.75) is 51.2 Å². The molecule has 10 nitrogen and oxygen atoms in total. The summed E-state index contributed by atoms with van der Waals surface area (Å²) >= 11 is 0. The van der Waals surface area contributed by atoms with Crippen LogP contribution in [0.4, 0.5) is 9.18 Å². The molecular formula is C23H31FN4O6S. The lowest BCUT2D eigenvalue weighted by Gasteiger charge is -2.19. The number of aryl methyl sites for hydroxylation is 1. The molecule has 1 heterocycles. The van der Waals surface area contributed by atoms with Gasteiger partial charge in [0.15, 0.2) is 5.69 Å². The summed E-state index contributed by atoms with van der Waals surface area (Å²) in [6.45, 7) is 6.15. The normalized spacial score (nSPS) is 12.6. The van der Waals surface area contributed by atoms with Gasteiger partial charge in [0.25, 0.3) is 0 Å². The van der Waals surface area contributed by atoms with Crippen LogP contribution < -0.4 is 5.32 Å². The molecule has 0 radical (unpaired) electrons. The lowest BCUT2D eigenvalue weighted by atomic mass is 10.0. The predicted octanol–water partition coefficient (Wildman–Crippen LogP) is 3.11. The van der Waals surface area contributed by atoms with Gasteiger partial charge in [0, 0.05) is 32.6 Å². The fourth-order valence-corrected chi connectivity index (χ4v) is 4.05. The first kappa shape index (κ1) is 28.0. The molecule has 2 N–H and O–H groups in total. The Kier molecular flexibility index (Phi) is 8.79. The maximum atomic E-state index is 14.5. The van der Waals surface area contributed by atoms with Crippen molar-refractivity contribution in [1.82, 2.24) is 19.4 Å². The number of halogens is 1. The van der Waals surface area contributed by atoms with Gasteiger partial charge in [-0.2, -0.15) is 5.10 Å². The summed E-state index contributed by atoms with van der Waals surface area (Å²) in [5.74, 6) is -1.96. The van der Waals surface area contributed by atoms with Gasteiger partial charge in [-0.1, -0.05) is 12.1 Å². The van der Waals surface area contributed by atoms with Crippen LogP contribution >= 0.6 is 0 Å². The quantitative estimate of drug-likeness (QED) is 0.530. The summed E-state index contributed by atoms with van der Waals surface area (Å²) in [4.78, 5) is 23.7. The van der Waals surface area contributed by atoms with Crippen molar-refractivity contribution in [3.63, 3.8) is 0 Å². The van der Waals surface area contributed by atoms with E-state index in [0.29, 0.717) is 16.8 Å². The molecule has 1 aromatic carbocycles. The SMILES string of the molecule is Cc1nn(C/C(F)=C/CNC(=O)OC(C)(C)C)c(C(=O)O)c1Cc1ccc(S(=O)(=O)N(C)C)cc1. The van der Waals surface area contributed by atoms with Crippen LogP contribution in [0.1, 0.15) is 48.1 Å². The van der Waals surface area contributed by atoms with Crippen LogP contribution in [0.5, 0.6) is 0 Å². The zero-order valence-corrected chi connectivity index (χ0v) is 21.4. The van der Waals surface area contributed by atoms with Crippen molar-refractivity contribution in [2.24, 2.45) is 0 Å². The second-order valence-electron chi connectivity index (χ2n) is 9.02. The molecule has 2 rings (SSSR count). The number of alkyl carbamates (subject to hydrolysis) is 1. The number of carbonyl (C=O) groups excluding carboxylic acids is 1. The zero-order chi connectivity index (χ0) is 26.6. The number of benzene rings is 1. The summed E-state index contributed by atoms with van der Waals surface area (Å²) in [6.07, 6.45) is 0.576. The van der Waals surface area contributed by atoms with Crippen LogP contribution in [0, 0.1) is 6.92 Å². The van der Waals surface area contributed by atoms with E-state index in [1.54, 1.807) is 39.8 Å². The van der Waals surface area contributed by atoms with Gasteiger partial charge in [-0.15, -0.1) is 0 Å². The summed E-state index contributed by atoms with van der Waals surface area (Å²) in [5, 5.41) is 16.3. The van der Waals surface area contributed by atoms with E-state index in [9.17, 15) is 27.5 Å². The molecule has 12 heteroatoms. The number of rotatable bonds is 9. The van der Waals surface area contributed by atoms with Gasteiger partial charge in [-0.05, 0) is 51.5 Å². The number of aromatic carboxylic acids is 1. The number of allylic oxidation sites excluding steroid dienone is 1. The zero-order valence-electron chi connectivity index (χ0n) is 20.6. The highest BCUT2D eigenvalue weighted by Gasteiger charge is 2.23. The monoisotopic (exact) mass is 510 g/mol. The van der Waals surface area contributed by atoms with Crippen LogP contribution in [0.25, 0.3) is 0 Å². The summed E-state index contributed by atoms with van der Waals surface area (Å²) in [6, 6.07) is 6.10. The van der Waals surface area contributed by atoms with Gasteiger partial charge < -0.3 is 15.2 Å². The van der Waals surface area contributed by atoms with Crippen molar-refractivity contribution < 1.29 is 32.2 Å². The Morgan fingerprint density at radius 1 is 1.23 bits per heavy atom. The van der Waals surface area contributed by atoms with Crippen LogP contribution in [0.15, 0.2) is 41.1 Å². The Morgan fingerprint density at radius 3 is 2.34 bits per heavy atom.